The van der Waals surface area contributed by atoms with Crippen molar-refractivity contribution in [2.75, 3.05) is 40.5 Å². The summed E-state index contributed by atoms with van der Waals surface area (Å²) >= 11 is 0. The summed E-state index contributed by atoms with van der Waals surface area (Å²) in [7, 11) is 3.74. The number of aliphatic hydroxyl groups excluding tert-OH is 1. The molecule has 98 valence electrons. The minimum atomic E-state index is -0.359. The fourth-order valence-corrected chi connectivity index (χ4v) is 1.56. The van der Waals surface area contributed by atoms with Crippen molar-refractivity contribution >= 4 is 0 Å². The van der Waals surface area contributed by atoms with Crippen LogP contribution in [0.25, 0.3) is 0 Å². The van der Waals surface area contributed by atoms with Crippen molar-refractivity contribution < 1.29 is 9.84 Å². The Labute approximate surface area is 102 Å². The minimum absolute atomic E-state index is 0.0643. The van der Waals surface area contributed by atoms with Crippen LogP contribution in [0, 0.1) is 0 Å². The van der Waals surface area contributed by atoms with Crippen molar-refractivity contribution in [1.29, 1.82) is 0 Å². The van der Waals surface area contributed by atoms with E-state index in [-0.39, 0.29) is 12.6 Å². The first-order chi connectivity index (χ1) is 8.19. The Morgan fingerprint density at radius 3 is 3.00 bits per heavy atom. The molecule has 0 spiro atoms. The molecule has 0 saturated carbocycles. The van der Waals surface area contributed by atoms with Crippen LogP contribution in [0.4, 0.5) is 0 Å². The third-order valence-electron chi connectivity index (χ3n) is 2.72. The molecule has 1 aromatic rings. The summed E-state index contributed by atoms with van der Waals surface area (Å²) in [6.07, 6.45) is 3.45. The molecule has 0 aliphatic heterocycles. The number of nitrogens with two attached hydrogens (primary N) is 1. The Morgan fingerprint density at radius 2 is 2.35 bits per heavy atom. The van der Waals surface area contributed by atoms with Crippen molar-refractivity contribution in [2.45, 2.75) is 12.6 Å². The van der Waals surface area contributed by atoms with Crippen LogP contribution in [-0.2, 0) is 11.3 Å². The van der Waals surface area contributed by atoms with E-state index in [9.17, 15) is 0 Å². The number of aliphatic hydroxyl groups is 1. The third kappa shape index (κ3) is 4.43. The zero-order valence-corrected chi connectivity index (χ0v) is 10.5. The molecule has 1 unspecified atom stereocenters. The predicted octanol–water partition coefficient (Wildman–Crippen LogP) is -0.547. The summed E-state index contributed by atoms with van der Waals surface area (Å²) in [6.45, 7) is 3.26. The van der Waals surface area contributed by atoms with Gasteiger partial charge >= 0.3 is 0 Å². The molecule has 0 aromatic carbocycles. The zero-order chi connectivity index (χ0) is 12.7. The molecule has 1 aromatic heterocycles. The average molecular weight is 242 g/mol. The fourth-order valence-electron chi connectivity index (χ4n) is 1.56. The van der Waals surface area contributed by atoms with E-state index in [1.165, 1.54) is 0 Å². The van der Waals surface area contributed by atoms with E-state index in [0.717, 1.165) is 31.9 Å². The molecule has 6 nitrogen and oxygen atoms in total. The number of hydrogen-bond donors (Lipinski definition) is 2. The largest absolute Gasteiger partial charge is 0.394 e. The van der Waals surface area contributed by atoms with Gasteiger partial charge in [-0.15, -0.1) is 0 Å². The first-order valence-corrected chi connectivity index (χ1v) is 5.73. The Hall–Kier alpha value is -0.950. The smallest absolute Gasteiger partial charge is 0.0949 e. The lowest BCUT2D eigenvalue weighted by molar-refractivity contribution is 0.159. The molecule has 0 amide bonds. The van der Waals surface area contributed by atoms with Crippen LogP contribution < -0.4 is 5.73 Å². The Balaban J connectivity index is 2.43. The maximum atomic E-state index is 9.03. The molecule has 0 saturated heterocycles. The fraction of sp³-hybridized carbons (Fsp3) is 0.727. The van der Waals surface area contributed by atoms with Gasteiger partial charge in [0, 0.05) is 32.9 Å². The van der Waals surface area contributed by atoms with E-state index in [0.29, 0.717) is 0 Å². The number of methoxy groups -OCH3 is 1. The lowest BCUT2D eigenvalue weighted by atomic mass is 10.2. The highest BCUT2D eigenvalue weighted by molar-refractivity contribution is 5.04. The summed E-state index contributed by atoms with van der Waals surface area (Å²) in [6, 6.07) is -0.359. The number of likely N-dealkylation sites (N-methyl/N-ethyl adjacent to an activating group) is 1. The van der Waals surface area contributed by atoms with Gasteiger partial charge in [-0.2, -0.15) is 0 Å². The van der Waals surface area contributed by atoms with E-state index in [4.69, 9.17) is 15.6 Å². The van der Waals surface area contributed by atoms with Crippen LogP contribution in [0.2, 0.25) is 0 Å². The molecular weight excluding hydrogens is 220 g/mol. The Kier molecular flexibility index (Phi) is 6.13. The maximum absolute atomic E-state index is 9.03. The third-order valence-corrected chi connectivity index (χ3v) is 2.72. The highest BCUT2D eigenvalue weighted by Gasteiger charge is 2.10. The number of hydrogen-bond acceptors (Lipinski definition) is 5. The Morgan fingerprint density at radius 1 is 1.59 bits per heavy atom. The van der Waals surface area contributed by atoms with Gasteiger partial charge in [0.25, 0.3) is 0 Å². The number of nitrogens with zero attached hydrogens (tertiary/aromatic N) is 3. The van der Waals surface area contributed by atoms with Gasteiger partial charge in [-0.25, -0.2) is 4.98 Å². The van der Waals surface area contributed by atoms with E-state index in [1.807, 2.05) is 11.6 Å². The highest BCUT2D eigenvalue weighted by atomic mass is 16.5. The van der Waals surface area contributed by atoms with E-state index in [1.54, 1.807) is 19.6 Å². The number of imidazole rings is 1. The van der Waals surface area contributed by atoms with E-state index >= 15 is 0 Å². The van der Waals surface area contributed by atoms with Gasteiger partial charge in [-0.1, -0.05) is 0 Å². The molecule has 0 bridgehead atoms. The second-order valence-corrected chi connectivity index (χ2v) is 4.10. The van der Waals surface area contributed by atoms with Crippen LogP contribution in [0.3, 0.4) is 0 Å². The van der Waals surface area contributed by atoms with Gasteiger partial charge in [0.2, 0.25) is 0 Å². The van der Waals surface area contributed by atoms with Crippen LogP contribution in [0.5, 0.6) is 0 Å². The monoisotopic (exact) mass is 242 g/mol. The number of ether oxygens (including phenoxy) is 1. The maximum Gasteiger partial charge on any atom is 0.0949 e. The lowest BCUT2D eigenvalue weighted by Gasteiger charge is -2.18. The first kappa shape index (κ1) is 14.1. The normalized spacial score (nSPS) is 13.2. The van der Waals surface area contributed by atoms with Gasteiger partial charge in [-0.3, -0.25) is 0 Å². The summed E-state index contributed by atoms with van der Waals surface area (Å²) < 4.78 is 6.99. The second-order valence-electron chi connectivity index (χ2n) is 4.10. The molecule has 3 N–H and O–H groups in total. The molecule has 1 heterocycles. The van der Waals surface area contributed by atoms with Crippen molar-refractivity contribution in [2.24, 2.45) is 5.73 Å². The van der Waals surface area contributed by atoms with Crippen LogP contribution in [-0.4, -0.2) is 60.0 Å². The molecule has 1 rings (SSSR count). The average Bonchev–Trinajstić information content (AvgIpc) is 2.81. The second kappa shape index (κ2) is 7.39. The molecule has 0 fully saturated rings. The van der Waals surface area contributed by atoms with Crippen molar-refractivity contribution in [3.63, 3.8) is 0 Å². The predicted molar refractivity (Wildman–Crippen MR) is 65.6 cm³/mol. The summed E-state index contributed by atoms with van der Waals surface area (Å²) in [5.74, 6) is 0. The quantitative estimate of drug-likeness (QED) is 0.640. The van der Waals surface area contributed by atoms with E-state index < -0.39 is 0 Å². The van der Waals surface area contributed by atoms with Crippen LogP contribution in [0.1, 0.15) is 11.7 Å². The molecular formula is C11H22N4O2. The van der Waals surface area contributed by atoms with E-state index in [2.05, 4.69) is 9.88 Å². The van der Waals surface area contributed by atoms with Crippen LogP contribution in [0.15, 0.2) is 12.5 Å². The number of aromatic nitrogens is 2. The topological polar surface area (TPSA) is 76.5 Å². The summed E-state index contributed by atoms with van der Waals surface area (Å²) in [5, 5.41) is 9.03. The number of rotatable bonds is 8. The molecule has 0 aliphatic rings. The van der Waals surface area contributed by atoms with Crippen molar-refractivity contribution in [3.05, 3.63) is 18.2 Å². The van der Waals surface area contributed by atoms with Gasteiger partial charge < -0.3 is 25.0 Å². The molecule has 0 radical (unpaired) electrons. The lowest BCUT2D eigenvalue weighted by Crippen LogP contribution is -2.28. The molecule has 0 aliphatic carbocycles. The Bertz CT molecular complexity index is 316. The first-order valence-electron chi connectivity index (χ1n) is 5.73. The molecule has 6 heteroatoms. The van der Waals surface area contributed by atoms with Crippen molar-refractivity contribution in [3.8, 4) is 0 Å². The molecule has 17 heavy (non-hydrogen) atoms. The highest BCUT2D eigenvalue weighted by Crippen LogP contribution is 2.08. The zero-order valence-electron chi connectivity index (χ0n) is 10.5. The molecule has 1 atom stereocenters. The van der Waals surface area contributed by atoms with Gasteiger partial charge in [0.05, 0.1) is 31.3 Å². The van der Waals surface area contributed by atoms with Crippen molar-refractivity contribution in [1.82, 2.24) is 14.5 Å². The van der Waals surface area contributed by atoms with Gasteiger partial charge in [0.1, 0.15) is 0 Å². The standard InChI is InChI=1S/C11H22N4O2/c1-14(5-6-17-2)3-4-15-9-13-7-11(15)10(12)8-16/h7,9-10,16H,3-6,8,12H2,1-2H3. The van der Waals surface area contributed by atoms with Gasteiger partial charge in [-0.05, 0) is 7.05 Å². The summed E-state index contributed by atoms with van der Waals surface area (Å²) in [4.78, 5) is 6.24. The summed E-state index contributed by atoms with van der Waals surface area (Å²) in [5.41, 5.74) is 6.65. The SMILES string of the molecule is COCCN(C)CCn1cncc1C(N)CO. The van der Waals surface area contributed by atoms with Crippen LogP contribution >= 0.6 is 0 Å². The van der Waals surface area contributed by atoms with Gasteiger partial charge in [0.15, 0.2) is 0 Å². The minimum Gasteiger partial charge on any atom is -0.394 e.